The van der Waals surface area contributed by atoms with Crippen LogP contribution in [-0.2, 0) is 28.2 Å². The Morgan fingerprint density at radius 3 is 2.00 bits per heavy atom. The molecule has 0 aliphatic heterocycles. The lowest BCUT2D eigenvalue weighted by Gasteiger charge is -2.38. The molecule has 0 atom stereocenters. The molecule has 0 amide bonds. The van der Waals surface area contributed by atoms with Crippen molar-refractivity contribution in [2.45, 2.75) is 64.9 Å². The first-order valence-corrected chi connectivity index (χ1v) is 14.6. The first-order valence-electron chi connectivity index (χ1n) is 12.3. The minimum absolute atomic E-state index is 0.00113. The highest BCUT2D eigenvalue weighted by Crippen LogP contribution is 2.29. The van der Waals surface area contributed by atoms with Crippen molar-refractivity contribution >= 4 is 33.3 Å². The van der Waals surface area contributed by atoms with Gasteiger partial charge in [-0.3, -0.25) is 0 Å². The third-order valence-corrected chi connectivity index (χ3v) is 7.32. The zero-order valence-electron chi connectivity index (χ0n) is 22.6. The number of methoxy groups -OCH3 is 1. The van der Waals surface area contributed by atoms with Crippen LogP contribution in [0.4, 0.5) is 5.95 Å². The number of sulfone groups is 1. The third kappa shape index (κ3) is 9.10. The summed E-state index contributed by atoms with van der Waals surface area (Å²) >= 11 is 6.19. The molecule has 0 saturated carbocycles. The van der Waals surface area contributed by atoms with Crippen molar-refractivity contribution in [2.24, 2.45) is 12.0 Å². The Kier molecular flexibility index (Phi) is 13.5. The number of aromatic nitrogens is 4. The largest absolute Gasteiger partial charge is 0.858 e. The van der Waals surface area contributed by atoms with Crippen LogP contribution in [0.3, 0.4) is 0 Å². The molecule has 2 aromatic rings. The molecule has 0 unspecified atom stereocenters. The number of halogens is 1. The number of nitrogens with zero attached hydrogens (tertiary/aromatic N) is 6. The summed E-state index contributed by atoms with van der Waals surface area (Å²) in [6.45, 7) is 14.7. The van der Waals surface area contributed by atoms with Crippen molar-refractivity contribution in [3.8, 4) is 0 Å². The second-order valence-corrected chi connectivity index (χ2v) is 11.2. The van der Waals surface area contributed by atoms with Gasteiger partial charge in [-0.05, 0) is 42.2 Å². The number of quaternary nitrogens is 1. The molecule has 0 bridgehead atoms. The molecule has 0 spiro atoms. The minimum atomic E-state index is -3.52. The Labute approximate surface area is 220 Å². The average Bonchev–Trinajstić information content (AvgIpc) is 3.19. The lowest BCUT2D eigenvalue weighted by molar-refractivity contribution is -0.928. The number of ether oxygens (including phenoxy) is 1. The summed E-state index contributed by atoms with van der Waals surface area (Å²) in [7, 11) is -0.600. The van der Waals surface area contributed by atoms with E-state index in [0.29, 0.717) is 0 Å². The van der Waals surface area contributed by atoms with E-state index in [-0.39, 0.29) is 33.6 Å². The van der Waals surface area contributed by atoms with Crippen molar-refractivity contribution in [3.05, 3.63) is 28.3 Å². The Bertz CT molecular complexity index is 1060. The first-order chi connectivity index (χ1) is 17.0. The van der Waals surface area contributed by atoms with E-state index in [4.69, 9.17) is 16.3 Å². The molecule has 10 nitrogen and oxygen atoms in total. The fraction of sp³-hybridized carbons (Fsp3) is 0.667. The van der Waals surface area contributed by atoms with Crippen LogP contribution in [0, 0.1) is 0 Å². The predicted molar refractivity (Wildman–Crippen MR) is 141 cm³/mol. The van der Waals surface area contributed by atoms with E-state index in [9.17, 15) is 13.5 Å². The second kappa shape index (κ2) is 15.2. The smallest absolute Gasteiger partial charge is 0.268 e. The number of hydrogen-bond acceptors (Lipinski definition) is 8. The lowest BCUT2D eigenvalue weighted by Crippen LogP contribution is -2.50. The molecule has 2 rings (SSSR count). The Morgan fingerprint density at radius 2 is 1.61 bits per heavy atom. The quantitative estimate of drug-likeness (QED) is 0.215. The van der Waals surface area contributed by atoms with E-state index in [0.717, 1.165) is 6.26 Å². The van der Waals surface area contributed by atoms with E-state index in [1.54, 1.807) is 0 Å². The van der Waals surface area contributed by atoms with Gasteiger partial charge in [-0.2, -0.15) is 0 Å². The minimum Gasteiger partial charge on any atom is -0.858 e. The Balaban J connectivity index is 0.000000426. The van der Waals surface area contributed by atoms with Gasteiger partial charge >= 0.3 is 0 Å². The molecule has 1 aromatic carbocycles. The molecule has 204 valence electrons. The predicted octanol–water partition coefficient (Wildman–Crippen LogP) is 3.30. The van der Waals surface area contributed by atoms with E-state index in [2.05, 4.69) is 48.2 Å². The molecule has 0 aliphatic rings. The van der Waals surface area contributed by atoms with Crippen molar-refractivity contribution < 1.29 is 22.7 Å². The monoisotopic (exact) mass is 544 g/mol. The summed E-state index contributed by atoms with van der Waals surface area (Å²) in [4.78, 5) is 3.76. The van der Waals surface area contributed by atoms with E-state index < -0.39 is 15.7 Å². The van der Waals surface area contributed by atoms with Crippen molar-refractivity contribution in [1.29, 1.82) is 0 Å². The molecule has 0 aliphatic carbocycles. The normalized spacial score (nSPS) is 12.4. The number of aliphatic imine (C=N–C) groups is 1. The summed E-state index contributed by atoms with van der Waals surface area (Å²) in [5, 5.41) is 22.7. The number of aryl methyl sites for hydroxylation is 1. The van der Waals surface area contributed by atoms with E-state index in [1.165, 1.54) is 87.3 Å². The fourth-order valence-corrected chi connectivity index (χ4v) is 5.71. The maximum absolute atomic E-state index is 12.3. The van der Waals surface area contributed by atoms with Crippen molar-refractivity contribution in [3.63, 3.8) is 0 Å². The summed E-state index contributed by atoms with van der Waals surface area (Å²) in [6.07, 6.45) is 6.38. The Morgan fingerprint density at radius 1 is 1.08 bits per heavy atom. The van der Waals surface area contributed by atoms with E-state index in [1.807, 2.05) is 0 Å². The van der Waals surface area contributed by atoms with Gasteiger partial charge in [0.05, 0.1) is 42.7 Å². The molecule has 0 N–H and O–H groups in total. The maximum Gasteiger partial charge on any atom is 0.268 e. The van der Waals surface area contributed by atoms with Gasteiger partial charge in [-0.1, -0.05) is 50.5 Å². The summed E-state index contributed by atoms with van der Waals surface area (Å²) in [5.41, 5.74) is 0.239. The topological polar surface area (TPSA) is 122 Å². The first kappa shape index (κ1) is 31.9. The molecule has 0 radical (unpaired) electrons. The zero-order valence-corrected chi connectivity index (χ0v) is 24.2. The van der Waals surface area contributed by atoms with E-state index >= 15 is 0 Å². The van der Waals surface area contributed by atoms with Crippen molar-refractivity contribution in [2.75, 3.05) is 39.5 Å². The average molecular weight is 545 g/mol. The number of hydrogen-bond donors (Lipinski definition) is 0. The van der Waals surface area contributed by atoms with Gasteiger partial charge < -0.3 is 14.3 Å². The van der Waals surface area contributed by atoms with Crippen LogP contribution in [0.25, 0.3) is 0 Å². The van der Waals surface area contributed by atoms with Crippen LogP contribution < -0.4 is 5.11 Å². The van der Waals surface area contributed by atoms with Crippen LogP contribution in [0.15, 0.2) is 22.0 Å². The molecular formula is C24H41ClN6O4S. The number of tetrazole rings is 1. The van der Waals surface area contributed by atoms with Gasteiger partial charge in [0.15, 0.2) is 9.84 Å². The van der Waals surface area contributed by atoms with Crippen LogP contribution in [0.1, 0.15) is 64.5 Å². The highest BCUT2D eigenvalue weighted by atomic mass is 35.5. The summed E-state index contributed by atoms with van der Waals surface area (Å²) < 4.78 is 31.2. The highest BCUT2D eigenvalue weighted by Gasteiger charge is 2.23. The van der Waals surface area contributed by atoms with Crippen LogP contribution in [0.5, 0.6) is 0 Å². The third-order valence-electron chi connectivity index (χ3n) is 5.71. The molecule has 36 heavy (non-hydrogen) atoms. The van der Waals surface area contributed by atoms with Crippen LogP contribution in [-0.4, -0.2) is 78.6 Å². The molecule has 0 saturated heterocycles. The summed E-state index contributed by atoms with van der Waals surface area (Å²) in [5.74, 6) is -0.683. The summed E-state index contributed by atoms with van der Waals surface area (Å²) in [6, 6.07) is 2.60. The highest BCUT2D eigenvalue weighted by molar-refractivity contribution is 7.90. The number of benzene rings is 1. The van der Waals surface area contributed by atoms with Gasteiger partial charge in [-0.25, -0.2) is 18.1 Å². The van der Waals surface area contributed by atoms with Crippen molar-refractivity contribution in [1.82, 2.24) is 20.2 Å². The second-order valence-electron chi connectivity index (χ2n) is 8.86. The Hall–Kier alpha value is -2.08. The van der Waals surface area contributed by atoms with Gasteiger partial charge in [0.2, 0.25) is 0 Å². The van der Waals surface area contributed by atoms with Crippen LogP contribution in [0.2, 0.25) is 5.02 Å². The van der Waals surface area contributed by atoms with Gasteiger partial charge in [-0.15, -0.1) is 0 Å². The van der Waals surface area contributed by atoms with Crippen LogP contribution >= 0.6 is 11.6 Å². The van der Waals surface area contributed by atoms with Gasteiger partial charge in [0.1, 0.15) is 0 Å². The molecule has 1 aromatic heterocycles. The SMILES string of the molecule is CCC[N+](CCC)(CCC)CCC.COCc1c(S(C)(=O)=O)ccc(C([O-])=Nc2nnnn2C)c1Cl. The van der Waals surface area contributed by atoms with Gasteiger partial charge in [0, 0.05) is 37.4 Å². The fourth-order valence-electron chi connectivity index (χ4n) is 4.43. The zero-order chi connectivity index (χ0) is 27.4. The molecular weight excluding hydrogens is 504 g/mol. The molecule has 12 heteroatoms. The molecule has 1 heterocycles. The maximum atomic E-state index is 12.3. The molecule has 0 fully saturated rings. The van der Waals surface area contributed by atoms with Gasteiger partial charge in [0.25, 0.3) is 5.95 Å². The lowest BCUT2D eigenvalue weighted by atomic mass is 10.1. The number of rotatable bonds is 13. The standard InChI is InChI=1S/C12H14ClN5O4S.C12H28N/c1-18-12(15-16-17-18)14-11(19)7-4-5-9(23(3,20)21)8(6-22-2)10(7)13;1-5-9-13(10-6-2,11-7-3)12-8-4/h4-5H,6H2,1-3H3,(H,14,15,17,19);5-12H2,1-4H3/q;+1/p-1.